The van der Waals surface area contributed by atoms with Crippen molar-refractivity contribution >= 4 is 8.07 Å². The van der Waals surface area contributed by atoms with Gasteiger partial charge in [-0.3, -0.25) is 0 Å². The molecule has 0 radical (unpaired) electrons. The van der Waals surface area contributed by atoms with Crippen molar-refractivity contribution in [2.45, 2.75) is 64.2 Å². The van der Waals surface area contributed by atoms with Gasteiger partial charge < -0.3 is 4.90 Å². The zero-order chi connectivity index (χ0) is 12.6. The number of rotatable bonds is 8. The van der Waals surface area contributed by atoms with E-state index in [2.05, 4.69) is 37.8 Å². The SMILES string of the molecule is C/C=C/C[Si](CC)(CC)CCCN1CCCC1. The van der Waals surface area contributed by atoms with Gasteiger partial charge in [-0.1, -0.05) is 44.1 Å². The van der Waals surface area contributed by atoms with Gasteiger partial charge in [-0.2, -0.15) is 0 Å². The highest BCUT2D eigenvalue weighted by Crippen LogP contribution is 2.27. The molecule has 0 aromatic heterocycles. The summed E-state index contributed by atoms with van der Waals surface area (Å²) in [6.45, 7) is 11.1. The van der Waals surface area contributed by atoms with Crippen molar-refractivity contribution in [1.29, 1.82) is 0 Å². The fraction of sp³-hybridized carbons (Fsp3) is 0.867. The van der Waals surface area contributed by atoms with E-state index in [1.54, 1.807) is 6.04 Å². The predicted octanol–water partition coefficient (Wildman–Crippen LogP) is 4.54. The molecule has 0 aliphatic carbocycles. The highest BCUT2D eigenvalue weighted by atomic mass is 28.3. The van der Waals surface area contributed by atoms with Crippen molar-refractivity contribution in [1.82, 2.24) is 4.90 Å². The molecule has 1 saturated heterocycles. The minimum absolute atomic E-state index is 0.950. The fourth-order valence-electron chi connectivity index (χ4n) is 3.05. The zero-order valence-electron chi connectivity index (χ0n) is 12.2. The Kier molecular flexibility index (Phi) is 7.13. The molecule has 2 heteroatoms. The lowest BCUT2D eigenvalue weighted by Crippen LogP contribution is -2.33. The molecular weight excluding hydrogens is 222 g/mol. The largest absolute Gasteiger partial charge is 0.303 e. The van der Waals surface area contributed by atoms with E-state index in [1.807, 2.05) is 0 Å². The van der Waals surface area contributed by atoms with Crippen LogP contribution in [0.2, 0.25) is 24.2 Å². The minimum atomic E-state index is -0.950. The van der Waals surface area contributed by atoms with Gasteiger partial charge in [0.15, 0.2) is 0 Å². The van der Waals surface area contributed by atoms with Gasteiger partial charge >= 0.3 is 0 Å². The summed E-state index contributed by atoms with van der Waals surface area (Å²) in [5, 5.41) is 0. The second kappa shape index (κ2) is 8.10. The highest BCUT2D eigenvalue weighted by Gasteiger charge is 2.27. The van der Waals surface area contributed by atoms with E-state index in [0.717, 1.165) is 0 Å². The maximum absolute atomic E-state index is 2.67. The summed E-state index contributed by atoms with van der Waals surface area (Å²) in [5.41, 5.74) is 0. The van der Waals surface area contributed by atoms with Crippen molar-refractivity contribution in [3.05, 3.63) is 12.2 Å². The van der Waals surface area contributed by atoms with Gasteiger partial charge in [-0.25, -0.2) is 0 Å². The smallest absolute Gasteiger partial charge is 0.0568 e. The summed E-state index contributed by atoms with van der Waals surface area (Å²) >= 11 is 0. The third-order valence-electron chi connectivity index (χ3n) is 4.67. The maximum atomic E-state index is 2.67. The standard InChI is InChI=1S/C15H31NSi/c1-4-7-14-17(5-2,6-3)15-10-13-16-11-8-9-12-16/h4,7H,5-6,8-15H2,1-3H3/b7-4+. The van der Waals surface area contributed by atoms with Gasteiger partial charge in [-0.05, 0) is 51.9 Å². The van der Waals surface area contributed by atoms with Gasteiger partial charge in [-0.15, -0.1) is 0 Å². The molecule has 1 aliphatic rings. The summed E-state index contributed by atoms with van der Waals surface area (Å²) in [6.07, 6.45) is 8.99. The van der Waals surface area contributed by atoms with Crippen LogP contribution in [0.1, 0.15) is 40.0 Å². The molecule has 0 spiro atoms. The summed E-state index contributed by atoms with van der Waals surface area (Å²) < 4.78 is 0. The van der Waals surface area contributed by atoms with Crippen LogP contribution in [0, 0.1) is 0 Å². The Labute approximate surface area is 109 Å². The van der Waals surface area contributed by atoms with Crippen molar-refractivity contribution in [3.63, 3.8) is 0 Å². The van der Waals surface area contributed by atoms with E-state index in [-0.39, 0.29) is 0 Å². The zero-order valence-corrected chi connectivity index (χ0v) is 13.2. The Hall–Kier alpha value is -0.0831. The summed E-state index contributed by atoms with van der Waals surface area (Å²) in [4.78, 5) is 2.67. The Bertz CT molecular complexity index is 215. The summed E-state index contributed by atoms with van der Waals surface area (Å²) in [5.74, 6) is 0. The number of nitrogens with zero attached hydrogens (tertiary/aromatic N) is 1. The van der Waals surface area contributed by atoms with Crippen molar-refractivity contribution in [2.75, 3.05) is 19.6 Å². The molecule has 0 saturated carbocycles. The molecule has 0 aromatic rings. The van der Waals surface area contributed by atoms with Crippen LogP contribution in [-0.2, 0) is 0 Å². The Balaban J connectivity index is 2.31. The van der Waals surface area contributed by atoms with Crippen LogP contribution in [0.15, 0.2) is 12.2 Å². The molecule has 100 valence electrons. The number of hydrogen-bond donors (Lipinski definition) is 0. The summed E-state index contributed by atoms with van der Waals surface area (Å²) in [7, 11) is -0.950. The topological polar surface area (TPSA) is 3.24 Å². The molecule has 1 heterocycles. The third kappa shape index (κ3) is 4.97. The number of hydrogen-bond acceptors (Lipinski definition) is 1. The van der Waals surface area contributed by atoms with E-state index in [1.165, 1.54) is 57.0 Å². The van der Waals surface area contributed by atoms with Gasteiger partial charge in [0.05, 0.1) is 8.07 Å². The monoisotopic (exact) mass is 253 g/mol. The van der Waals surface area contributed by atoms with Crippen LogP contribution >= 0.6 is 0 Å². The average Bonchev–Trinajstić information content (AvgIpc) is 2.87. The lowest BCUT2D eigenvalue weighted by atomic mass is 10.4. The minimum Gasteiger partial charge on any atom is -0.303 e. The predicted molar refractivity (Wildman–Crippen MR) is 81.4 cm³/mol. The Morgan fingerprint density at radius 1 is 1.12 bits per heavy atom. The molecule has 0 amide bonds. The maximum Gasteiger partial charge on any atom is 0.0568 e. The van der Waals surface area contributed by atoms with Crippen LogP contribution in [0.4, 0.5) is 0 Å². The van der Waals surface area contributed by atoms with Crippen LogP contribution in [0.3, 0.4) is 0 Å². The average molecular weight is 254 g/mol. The molecule has 0 bridgehead atoms. The third-order valence-corrected chi connectivity index (χ3v) is 10.2. The van der Waals surface area contributed by atoms with Crippen molar-refractivity contribution in [3.8, 4) is 0 Å². The van der Waals surface area contributed by atoms with Gasteiger partial charge in [0.1, 0.15) is 0 Å². The van der Waals surface area contributed by atoms with Crippen molar-refractivity contribution < 1.29 is 0 Å². The van der Waals surface area contributed by atoms with E-state index < -0.39 is 8.07 Å². The van der Waals surface area contributed by atoms with Gasteiger partial charge in [0.2, 0.25) is 0 Å². The molecule has 17 heavy (non-hydrogen) atoms. The molecule has 1 fully saturated rings. The molecule has 0 N–H and O–H groups in total. The summed E-state index contributed by atoms with van der Waals surface area (Å²) in [6, 6.07) is 5.89. The molecule has 0 atom stereocenters. The van der Waals surface area contributed by atoms with Crippen LogP contribution in [0.25, 0.3) is 0 Å². The van der Waals surface area contributed by atoms with E-state index in [4.69, 9.17) is 0 Å². The molecule has 1 aliphatic heterocycles. The van der Waals surface area contributed by atoms with E-state index in [0.29, 0.717) is 0 Å². The van der Waals surface area contributed by atoms with E-state index in [9.17, 15) is 0 Å². The van der Waals surface area contributed by atoms with Crippen LogP contribution in [0.5, 0.6) is 0 Å². The Morgan fingerprint density at radius 3 is 2.29 bits per heavy atom. The van der Waals surface area contributed by atoms with Crippen molar-refractivity contribution in [2.24, 2.45) is 0 Å². The lowest BCUT2D eigenvalue weighted by molar-refractivity contribution is 0.339. The molecule has 1 nitrogen and oxygen atoms in total. The quantitative estimate of drug-likeness (QED) is 0.453. The first kappa shape index (κ1) is 15.0. The molecule has 0 unspecified atom stereocenters. The molecular formula is C15H31NSi. The van der Waals surface area contributed by atoms with Gasteiger partial charge in [0, 0.05) is 0 Å². The van der Waals surface area contributed by atoms with Gasteiger partial charge in [0.25, 0.3) is 0 Å². The van der Waals surface area contributed by atoms with Crippen LogP contribution in [-0.4, -0.2) is 32.6 Å². The molecule has 0 aromatic carbocycles. The Morgan fingerprint density at radius 2 is 1.76 bits per heavy atom. The number of likely N-dealkylation sites (tertiary alicyclic amines) is 1. The van der Waals surface area contributed by atoms with Crippen LogP contribution < -0.4 is 0 Å². The lowest BCUT2D eigenvalue weighted by Gasteiger charge is -2.29. The first-order chi connectivity index (χ1) is 8.26. The number of allylic oxidation sites excluding steroid dienone is 2. The molecule has 1 rings (SSSR count). The second-order valence-corrected chi connectivity index (χ2v) is 11.0. The highest BCUT2D eigenvalue weighted by molar-refractivity contribution is 6.80. The van der Waals surface area contributed by atoms with E-state index >= 15 is 0 Å². The first-order valence-corrected chi connectivity index (χ1v) is 10.4. The second-order valence-electron chi connectivity index (χ2n) is 5.63. The normalized spacial score (nSPS) is 18.3. The first-order valence-electron chi connectivity index (χ1n) is 7.60. The fourth-order valence-corrected chi connectivity index (χ4v) is 6.68.